The molecule has 2 aromatic rings. The van der Waals surface area contributed by atoms with Crippen molar-refractivity contribution in [2.75, 3.05) is 45.9 Å². The average molecular weight is 565 g/mol. The molecule has 0 radical (unpaired) electrons. The number of piperazine rings is 1. The highest BCUT2D eigenvalue weighted by molar-refractivity contribution is 7.99. The minimum absolute atomic E-state index is 0.0344. The fourth-order valence-corrected chi connectivity index (χ4v) is 6.05. The van der Waals surface area contributed by atoms with Gasteiger partial charge in [0, 0.05) is 72.2 Å². The van der Waals surface area contributed by atoms with E-state index in [-0.39, 0.29) is 18.1 Å². The van der Waals surface area contributed by atoms with Gasteiger partial charge in [-0.25, -0.2) is 14.0 Å². The number of hydrogen-bond acceptors (Lipinski definition) is 7. The maximum Gasteiger partial charge on any atom is 0.328 e. The Balaban J connectivity index is 0.000000368. The van der Waals surface area contributed by atoms with Gasteiger partial charge in [0.15, 0.2) is 6.29 Å². The number of ether oxygens (including phenoxy) is 2. The maximum atomic E-state index is 13.9. The van der Waals surface area contributed by atoms with Gasteiger partial charge in [-0.3, -0.25) is 4.90 Å². The molecule has 2 aromatic carbocycles. The first kappa shape index (κ1) is 28.5. The Morgan fingerprint density at radius 2 is 1.68 bits per heavy atom. The molecule has 204 valence electrons. The van der Waals surface area contributed by atoms with Crippen molar-refractivity contribution in [2.24, 2.45) is 0 Å². The standard InChI is InChI=1S/C23H26ClFN2O2S.C4H4O4/c24-17-2-4-21-19(14-17)20(13-16-1-3-18(25)15-22(16)30-21)27-9-7-26(8-10-27)6-5-23-28-11-12-29-23;5-3(6)1-2-4(7)8/h1-4,14-15,20,23H,5-13H2;1-2H,(H,5,6)(H,7,8)/b;2-1-. The van der Waals surface area contributed by atoms with Crippen molar-refractivity contribution in [3.05, 3.63) is 70.5 Å². The minimum atomic E-state index is -1.26. The number of nitrogens with zero attached hydrogens (tertiary/aromatic N) is 2. The van der Waals surface area contributed by atoms with Crippen LogP contribution in [0.15, 0.2) is 58.3 Å². The van der Waals surface area contributed by atoms with E-state index in [0.717, 1.165) is 55.5 Å². The van der Waals surface area contributed by atoms with E-state index >= 15 is 0 Å². The Kier molecular flexibility index (Phi) is 10.2. The molecule has 3 aliphatic rings. The molecule has 0 spiro atoms. The molecule has 1 unspecified atom stereocenters. The number of carbonyl (C=O) groups is 2. The largest absolute Gasteiger partial charge is 0.478 e. The molecule has 3 aliphatic heterocycles. The van der Waals surface area contributed by atoms with E-state index in [0.29, 0.717) is 25.4 Å². The first-order chi connectivity index (χ1) is 18.3. The summed E-state index contributed by atoms with van der Waals surface area (Å²) in [5.41, 5.74) is 2.46. The lowest BCUT2D eigenvalue weighted by atomic mass is 9.96. The summed E-state index contributed by atoms with van der Waals surface area (Å²) in [7, 11) is 0. The Morgan fingerprint density at radius 1 is 1.00 bits per heavy atom. The van der Waals surface area contributed by atoms with Gasteiger partial charge >= 0.3 is 11.9 Å². The van der Waals surface area contributed by atoms with Crippen molar-refractivity contribution in [3.8, 4) is 0 Å². The smallest absolute Gasteiger partial charge is 0.328 e. The predicted molar refractivity (Wildman–Crippen MR) is 141 cm³/mol. The fourth-order valence-electron chi connectivity index (χ4n) is 4.73. The molecule has 0 aromatic heterocycles. The second-order valence-electron chi connectivity index (χ2n) is 9.10. The van der Waals surface area contributed by atoms with Gasteiger partial charge in [0.05, 0.1) is 13.2 Å². The summed E-state index contributed by atoms with van der Waals surface area (Å²) in [6.45, 7) is 6.50. The second kappa shape index (κ2) is 13.5. The summed E-state index contributed by atoms with van der Waals surface area (Å²) >= 11 is 8.03. The lowest BCUT2D eigenvalue weighted by molar-refractivity contribution is -0.134. The van der Waals surface area contributed by atoms with E-state index in [1.165, 1.54) is 16.0 Å². The van der Waals surface area contributed by atoms with Gasteiger partial charge in [-0.05, 0) is 47.9 Å². The summed E-state index contributed by atoms with van der Waals surface area (Å²) < 4.78 is 25.0. The normalized spacial score (nSPS) is 20.3. The molecule has 0 aliphatic carbocycles. The summed E-state index contributed by atoms with van der Waals surface area (Å²) in [6.07, 6.45) is 2.88. The molecule has 0 amide bonds. The second-order valence-corrected chi connectivity index (χ2v) is 10.6. The van der Waals surface area contributed by atoms with Crippen LogP contribution in [-0.2, 0) is 25.5 Å². The van der Waals surface area contributed by atoms with E-state index in [4.69, 9.17) is 31.3 Å². The zero-order valence-electron chi connectivity index (χ0n) is 20.7. The van der Waals surface area contributed by atoms with Gasteiger partial charge in [-0.2, -0.15) is 0 Å². The van der Waals surface area contributed by atoms with Crippen molar-refractivity contribution >= 4 is 35.3 Å². The van der Waals surface area contributed by atoms with Crippen molar-refractivity contribution in [1.82, 2.24) is 9.80 Å². The molecule has 2 N–H and O–H groups in total. The number of hydrogen-bond donors (Lipinski definition) is 2. The predicted octanol–water partition coefficient (Wildman–Crippen LogP) is 4.32. The van der Waals surface area contributed by atoms with Crippen molar-refractivity contribution < 1.29 is 33.7 Å². The van der Waals surface area contributed by atoms with Crippen LogP contribution < -0.4 is 0 Å². The molecule has 2 fully saturated rings. The van der Waals surface area contributed by atoms with Crippen LogP contribution in [0.4, 0.5) is 4.39 Å². The molecular formula is C27H30ClFN2O6S. The van der Waals surface area contributed by atoms with E-state index in [2.05, 4.69) is 21.9 Å². The topological polar surface area (TPSA) is 99.5 Å². The third-order valence-corrected chi connectivity index (χ3v) is 8.01. The molecule has 0 bridgehead atoms. The molecule has 5 rings (SSSR count). The molecule has 38 heavy (non-hydrogen) atoms. The lowest BCUT2D eigenvalue weighted by Gasteiger charge is -2.40. The SMILES string of the molecule is Fc1ccc2c(c1)Sc1ccc(Cl)cc1C(N1CCN(CCC3OCCO3)CC1)C2.O=C(O)/C=C\C(=O)O. The number of halogens is 2. The van der Waals surface area contributed by atoms with Crippen LogP contribution in [0, 0.1) is 5.82 Å². The van der Waals surface area contributed by atoms with E-state index in [9.17, 15) is 14.0 Å². The molecule has 2 saturated heterocycles. The Bertz CT molecular complexity index is 1150. The summed E-state index contributed by atoms with van der Waals surface area (Å²) in [5, 5.41) is 16.4. The quantitative estimate of drug-likeness (QED) is 0.497. The van der Waals surface area contributed by atoms with Crippen molar-refractivity contribution in [3.63, 3.8) is 0 Å². The van der Waals surface area contributed by atoms with Crippen LogP contribution in [0.2, 0.25) is 5.02 Å². The third-order valence-electron chi connectivity index (χ3n) is 6.58. The van der Waals surface area contributed by atoms with Crippen LogP contribution in [0.1, 0.15) is 23.6 Å². The number of benzene rings is 2. The summed E-state index contributed by atoms with van der Waals surface area (Å²) in [6, 6.07) is 11.5. The number of carboxylic acid groups (broad SMARTS) is 2. The van der Waals surface area contributed by atoms with Gasteiger partial charge in [-0.15, -0.1) is 0 Å². The molecule has 0 saturated carbocycles. The highest BCUT2D eigenvalue weighted by Gasteiger charge is 2.30. The fraction of sp³-hybridized carbons (Fsp3) is 0.407. The lowest BCUT2D eigenvalue weighted by Crippen LogP contribution is -2.48. The summed E-state index contributed by atoms with van der Waals surface area (Å²) in [4.78, 5) is 26.3. The van der Waals surface area contributed by atoms with Crippen molar-refractivity contribution in [1.29, 1.82) is 0 Å². The highest BCUT2D eigenvalue weighted by Crippen LogP contribution is 2.44. The molecular weight excluding hydrogens is 535 g/mol. The number of aliphatic carboxylic acids is 2. The third kappa shape index (κ3) is 8.02. The minimum Gasteiger partial charge on any atom is -0.478 e. The first-order valence-electron chi connectivity index (χ1n) is 12.4. The van der Waals surface area contributed by atoms with Gasteiger partial charge in [0.1, 0.15) is 5.82 Å². The number of rotatable bonds is 6. The Morgan fingerprint density at radius 3 is 2.34 bits per heavy atom. The van der Waals surface area contributed by atoms with Gasteiger partial charge in [-0.1, -0.05) is 29.4 Å². The molecule has 11 heteroatoms. The van der Waals surface area contributed by atoms with Crippen LogP contribution >= 0.6 is 23.4 Å². The van der Waals surface area contributed by atoms with Crippen molar-refractivity contribution in [2.45, 2.75) is 35.0 Å². The van der Waals surface area contributed by atoms with Crippen LogP contribution in [-0.4, -0.2) is 84.2 Å². The van der Waals surface area contributed by atoms with Gasteiger partial charge < -0.3 is 24.6 Å². The Labute approximate surface area is 230 Å². The average Bonchev–Trinajstić information content (AvgIpc) is 3.36. The molecule has 3 heterocycles. The van der Waals surface area contributed by atoms with Gasteiger partial charge in [0.2, 0.25) is 0 Å². The summed E-state index contributed by atoms with van der Waals surface area (Å²) in [5.74, 6) is -2.70. The van der Waals surface area contributed by atoms with E-state index in [1.54, 1.807) is 23.9 Å². The zero-order chi connectivity index (χ0) is 27.1. The monoisotopic (exact) mass is 564 g/mol. The van der Waals surface area contributed by atoms with Crippen LogP contribution in [0.25, 0.3) is 0 Å². The first-order valence-corrected chi connectivity index (χ1v) is 13.6. The van der Waals surface area contributed by atoms with Crippen LogP contribution in [0.3, 0.4) is 0 Å². The maximum absolute atomic E-state index is 13.9. The zero-order valence-corrected chi connectivity index (χ0v) is 22.3. The van der Waals surface area contributed by atoms with E-state index in [1.807, 2.05) is 12.1 Å². The molecule has 8 nitrogen and oxygen atoms in total. The Hall–Kier alpha value is -2.47. The number of fused-ring (bicyclic) bond motifs is 2. The van der Waals surface area contributed by atoms with E-state index < -0.39 is 11.9 Å². The number of carboxylic acids is 2. The van der Waals surface area contributed by atoms with Gasteiger partial charge in [0.25, 0.3) is 0 Å². The molecule has 1 atom stereocenters. The van der Waals surface area contributed by atoms with Crippen LogP contribution in [0.5, 0.6) is 0 Å². The highest BCUT2D eigenvalue weighted by atomic mass is 35.5.